The van der Waals surface area contributed by atoms with E-state index in [1.54, 1.807) is 19.2 Å². The molecule has 0 spiro atoms. The maximum Gasteiger partial charge on any atom is 0.310 e. The number of methoxy groups -OCH3 is 3. The highest BCUT2D eigenvalue weighted by molar-refractivity contribution is 5.81. The van der Waals surface area contributed by atoms with Crippen molar-refractivity contribution in [3.63, 3.8) is 0 Å². The molecule has 0 aromatic heterocycles. The van der Waals surface area contributed by atoms with Crippen LogP contribution in [-0.4, -0.2) is 65.9 Å². The highest BCUT2D eigenvalue weighted by atomic mass is 16.5. The number of nitrogens with zero attached hydrogens (tertiary/aromatic N) is 2. The van der Waals surface area contributed by atoms with Gasteiger partial charge in [0.15, 0.2) is 18.1 Å². The third-order valence-electron chi connectivity index (χ3n) is 4.73. The van der Waals surface area contributed by atoms with Crippen LogP contribution >= 0.6 is 0 Å². The fourth-order valence-electron chi connectivity index (χ4n) is 2.97. The van der Waals surface area contributed by atoms with Crippen molar-refractivity contribution in [3.8, 4) is 17.2 Å². The summed E-state index contributed by atoms with van der Waals surface area (Å²) in [6, 6.07) is 11.3. The van der Waals surface area contributed by atoms with Crippen LogP contribution < -0.4 is 19.1 Å². The number of rotatable bonds is 10. The number of benzene rings is 2. The Morgan fingerprint density at radius 3 is 1.90 bits per heavy atom. The van der Waals surface area contributed by atoms with E-state index in [1.807, 2.05) is 43.3 Å². The number of amides is 1. The summed E-state index contributed by atoms with van der Waals surface area (Å²) < 4.78 is 21.0. The molecule has 0 radical (unpaired) electrons. The van der Waals surface area contributed by atoms with Crippen molar-refractivity contribution in [3.05, 3.63) is 47.5 Å². The first kappa shape index (κ1) is 23.9. The second-order valence-electron chi connectivity index (χ2n) is 7.18. The smallest absolute Gasteiger partial charge is 0.310 e. The molecule has 8 heteroatoms. The highest BCUT2D eigenvalue weighted by Crippen LogP contribution is 2.38. The maximum absolute atomic E-state index is 12.3. The lowest BCUT2D eigenvalue weighted by Gasteiger charge is -2.18. The molecule has 0 heterocycles. The first-order chi connectivity index (χ1) is 14.8. The number of likely N-dealkylation sites (N-methyl/N-ethyl adjacent to an activating group) is 1. The second-order valence-corrected chi connectivity index (χ2v) is 7.18. The Balaban J connectivity index is 1.91. The van der Waals surface area contributed by atoms with Crippen molar-refractivity contribution >= 4 is 17.6 Å². The van der Waals surface area contributed by atoms with Gasteiger partial charge in [0.05, 0.1) is 27.8 Å². The minimum atomic E-state index is -0.522. The lowest BCUT2D eigenvalue weighted by Crippen LogP contribution is -2.31. The summed E-state index contributed by atoms with van der Waals surface area (Å²) in [6.45, 7) is 0.104. The highest BCUT2D eigenvalue weighted by Gasteiger charge is 2.17. The molecule has 2 rings (SSSR count). The molecule has 0 unspecified atom stereocenters. The molecular formula is C23H30N2O6. The predicted octanol–water partition coefficient (Wildman–Crippen LogP) is 2.52. The Morgan fingerprint density at radius 1 is 0.839 bits per heavy atom. The third kappa shape index (κ3) is 6.53. The fraction of sp³-hybridized carbons (Fsp3) is 0.391. The van der Waals surface area contributed by atoms with E-state index < -0.39 is 5.97 Å². The summed E-state index contributed by atoms with van der Waals surface area (Å²) in [5.41, 5.74) is 2.70. The summed E-state index contributed by atoms with van der Waals surface area (Å²) in [7, 11) is 10.1. The van der Waals surface area contributed by atoms with Crippen molar-refractivity contribution in [1.29, 1.82) is 0 Å². The zero-order chi connectivity index (χ0) is 23.0. The van der Waals surface area contributed by atoms with Gasteiger partial charge in [-0.3, -0.25) is 9.59 Å². The Bertz CT molecular complexity index is 870. The lowest BCUT2D eigenvalue weighted by atomic mass is 10.1. The van der Waals surface area contributed by atoms with Gasteiger partial charge in [-0.25, -0.2) is 0 Å². The monoisotopic (exact) mass is 430 g/mol. The average molecular weight is 431 g/mol. The number of esters is 1. The van der Waals surface area contributed by atoms with Gasteiger partial charge in [-0.1, -0.05) is 12.1 Å². The molecule has 0 aliphatic heterocycles. The number of carbonyl (C=O) groups excluding carboxylic acids is 2. The topological polar surface area (TPSA) is 77.5 Å². The van der Waals surface area contributed by atoms with Crippen molar-refractivity contribution in [2.75, 3.05) is 54.0 Å². The van der Waals surface area contributed by atoms with E-state index >= 15 is 0 Å². The summed E-state index contributed by atoms with van der Waals surface area (Å²) in [5, 5.41) is 0. The van der Waals surface area contributed by atoms with Gasteiger partial charge in [0.1, 0.15) is 0 Å². The van der Waals surface area contributed by atoms with E-state index in [-0.39, 0.29) is 18.9 Å². The van der Waals surface area contributed by atoms with Gasteiger partial charge in [-0.05, 0) is 35.4 Å². The van der Waals surface area contributed by atoms with Crippen LogP contribution in [0.15, 0.2) is 36.4 Å². The first-order valence-electron chi connectivity index (χ1n) is 9.73. The molecule has 0 saturated heterocycles. The molecule has 0 saturated carbocycles. The molecule has 0 atom stereocenters. The van der Waals surface area contributed by atoms with Gasteiger partial charge in [0.25, 0.3) is 5.91 Å². The van der Waals surface area contributed by atoms with Gasteiger partial charge in [0.2, 0.25) is 5.75 Å². The van der Waals surface area contributed by atoms with Crippen LogP contribution in [0, 0.1) is 0 Å². The molecule has 0 fully saturated rings. The standard InChI is InChI=1S/C23H30N2O6/c1-24(2)18-9-7-16(8-10-18)14-25(3)21(26)15-31-22(27)13-17-11-19(28-4)23(30-6)20(12-17)29-5/h7-12H,13-15H2,1-6H3. The second kappa shape index (κ2) is 11.1. The van der Waals surface area contributed by atoms with Crippen LogP contribution in [0.5, 0.6) is 17.2 Å². The molecular weight excluding hydrogens is 400 g/mol. The summed E-state index contributed by atoms with van der Waals surface area (Å²) in [4.78, 5) is 28.1. The Kier molecular flexibility index (Phi) is 8.54. The van der Waals surface area contributed by atoms with Crippen LogP contribution in [0.1, 0.15) is 11.1 Å². The van der Waals surface area contributed by atoms with Crippen LogP contribution in [0.4, 0.5) is 5.69 Å². The number of ether oxygens (including phenoxy) is 4. The zero-order valence-electron chi connectivity index (χ0n) is 18.9. The molecule has 168 valence electrons. The first-order valence-corrected chi connectivity index (χ1v) is 9.73. The number of hydrogen-bond acceptors (Lipinski definition) is 7. The molecule has 1 amide bonds. The van der Waals surface area contributed by atoms with Crippen molar-refractivity contribution < 1.29 is 28.5 Å². The lowest BCUT2D eigenvalue weighted by molar-refractivity contribution is -0.151. The summed E-state index contributed by atoms with van der Waals surface area (Å²) in [6.07, 6.45) is -0.0281. The van der Waals surface area contributed by atoms with Crippen molar-refractivity contribution in [1.82, 2.24) is 4.90 Å². The van der Waals surface area contributed by atoms with E-state index in [2.05, 4.69) is 0 Å². The number of hydrogen-bond donors (Lipinski definition) is 0. The van der Waals surface area contributed by atoms with Crippen molar-refractivity contribution in [2.45, 2.75) is 13.0 Å². The maximum atomic E-state index is 12.3. The molecule has 0 aliphatic carbocycles. The molecule has 31 heavy (non-hydrogen) atoms. The van der Waals surface area contributed by atoms with E-state index in [9.17, 15) is 9.59 Å². The van der Waals surface area contributed by atoms with Gasteiger partial charge < -0.3 is 28.7 Å². The van der Waals surface area contributed by atoms with Gasteiger partial charge in [-0.2, -0.15) is 0 Å². The van der Waals surface area contributed by atoms with Gasteiger partial charge in [-0.15, -0.1) is 0 Å². The minimum absolute atomic E-state index is 0.0281. The van der Waals surface area contributed by atoms with E-state index in [4.69, 9.17) is 18.9 Å². The number of carbonyl (C=O) groups is 2. The molecule has 2 aromatic carbocycles. The zero-order valence-corrected chi connectivity index (χ0v) is 18.9. The van der Waals surface area contributed by atoms with Crippen LogP contribution in [0.3, 0.4) is 0 Å². The normalized spacial score (nSPS) is 10.3. The Labute approximate surface area is 183 Å². The average Bonchev–Trinajstić information content (AvgIpc) is 2.76. The van der Waals surface area contributed by atoms with Crippen LogP contribution in [0.2, 0.25) is 0 Å². The minimum Gasteiger partial charge on any atom is -0.493 e. The van der Waals surface area contributed by atoms with Gasteiger partial charge >= 0.3 is 5.97 Å². The third-order valence-corrected chi connectivity index (χ3v) is 4.73. The molecule has 0 bridgehead atoms. The number of anilines is 1. The van der Waals surface area contributed by atoms with Crippen LogP contribution in [0.25, 0.3) is 0 Å². The molecule has 2 aromatic rings. The van der Waals surface area contributed by atoms with E-state index in [0.29, 0.717) is 29.4 Å². The summed E-state index contributed by atoms with van der Waals surface area (Å²) in [5.74, 6) is 0.528. The quantitative estimate of drug-likeness (QED) is 0.536. The van der Waals surface area contributed by atoms with Crippen LogP contribution in [-0.2, 0) is 27.3 Å². The molecule has 0 aliphatic rings. The summed E-state index contributed by atoms with van der Waals surface area (Å²) >= 11 is 0. The van der Waals surface area contributed by atoms with E-state index in [0.717, 1.165) is 11.3 Å². The van der Waals surface area contributed by atoms with Gasteiger partial charge in [0, 0.05) is 33.4 Å². The molecule has 0 N–H and O–H groups in total. The fourth-order valence-corrected chi connectivity index (χ4v) is 2.97. The predicted molar refractivity (Wildman–Crippen MR) is 118 cm³/mol. The molecule has 8 nitrogen and oxygen atoms in total. The Morgan fingerprint density at radius 2 is 1.42 bits per heavy atom. The Hall–Kier alpha value is -3.42. The SMILES string of the molecule is COc1cc(CC(=O)OCC(=O)N(C)Cc2ccc(N(C)C)cc2)cc(OC)c1OC. The van der Waals surface area contributed by atoms with Crippen molar-refractivity contribution in [2.24, 2.45) is 0 Å². The largest absolute Gasteiger partial charge is 0.493 e. The van der Waals surface area contributed by atoms with E-state index in [1.165, 1.54) is 26.2 Å².